The number of nitrogens with one attached hydrogen (secondary N) is 1. The van der Waals surface area contributed by atoms with E-state index in [9.17, 15) is 0 Å². The lowest BCUT2D eigenvalue weighted by Crippen LogP contribution is -2.16. The third-order valence-electron chi connectivity index (χ3n) is 4.43. The van der Waals surface area contributed by atoms with Crippen LogP contribution in [-0.4, -0.2) is 23.1 Å². The summed E-state index contributed by atoms with van der Waals surface area (Å²) in [4.78, 5) is 11.5. The normalized spacial score (nSPS) is 12.8. The molecule has 132 valence electrons. The highest BCUT2D eigenvalue weighted by atomic mass is 16.5. The predicted octanol–water partition coefficient (Wildman–Crippen LogP) is 4.62. The first-order chi connectivity index (χ1) is 12.7. The minimum Gasteiger partial charge on any atom is -0.494 e. The summed E-state index contributed by atoms with van der Waals surface area (Å²) in [5, 5.41) is 3.30. The highest BCUT2D eigenvalue weighted by molar-refractivity contribution is 5.68. The Kier molecular flexibility index (Phi) is 4.44. The second-order valence-corrected chi connectivity index (χ2v) is 6.30. The summed E-state index contributed by atoms with van der Waals surface area (Å²) >= 11 is 0. The number of nitrogens with zero attached hydrogens (tertiary/aromatic N) is 3. The molecular weight excluding hydrogens is 324 g/mol. The van der Waals surface area contributed by atoms with Gasteiger partial charge in [0.05, 0.1) is 6.61 Å². The van der Waals surface area contributed by atoms with Gasteiger partial charge in [-0.2, -0.15) is 4.98 Å². The average Bonchev–Trinajstić information content (AvgIpc) is 3.07. The number of benzene rings is 2. The van der Waals surface area contributed by atoms with Gasteiger partial charge in [-0.15, -0.1) is 0 Å². The van der Waals surface area contributed by atoms with Crippen molar-refractivity contribution in [2.24, 2.45) is 0 Å². The number of aromatic nitrogens is 2. The number of fused-ring (bicyclic) bond motifs is 1. The van der Waals surface area contributed by atoms with Crippen molar-refractivity contribution in [3.05, 3.63) is 65.9 Å². The van der Waals surface area contributed by atoms with Crippen molar-refractivity contribution in [1.29, 1.82) is 0 Å². The lowest BCUT2D eigenvalue weighted by atomic mass is 10.2. The number of hydrogen-bond donors (Lipinski definition) is 1. The fourth-order valence-electron chi connectivity index (χ4n) is 3.25. The number of rotatable bonds is 5. The zero-order valence-electron chi connectivity index (χ0n) is 15.1. The molecule has 0 saturated heterocycles. The van der Waals surface area contributed by atoms with Crippen LogP contribution in [0.2, 0.25) is 0 Å². The summed E-state index contributed by atoms with van der Waals surface area (Å²) in [6, 6.07) is 18.4. The second-order valence-electron chi connectivity index (χ2n) is 6.30. The number of anilines is 4. The molecule has 5 heteroatoms. The molecule has 1 aliphatic rings. The van der Waals surface area contributed by atoms with Crippen molar-refractivity contribution in [3.63, 3.8) is 0 Å². The van der Waals surface area contributed by atoms with Gasteiger partial charge in [0.1, 0.15) is 11.6 Å². The van der Waals surface area contributed by atoms with Crippen LogP contribution in [0.3, 0.4) is 0 Å². The molecule has 0 atom stereocenters. The zero-order chi connectivity index (χ0) is 17.9. The van der Waals surface area contributed by atoms with Crippen molar-refractivity contribution in [2.75, 3.05) is 23.4 Å². The van der Waals surface area contributed by atoms with Gasteiger partial charge in [-0.1, -0.05) is 18.2 Å². The van der Waals surface area contributed by atoms with E-state index in [4.69, 9.17) is 9.72 Å². The number of para-hydroxylation sites is 1. The van der Waals surface area contributed by atoms with Gasteiger partial charge in [0.25, 0.3) is 0 Å². The van der Waals surface area contributed by atoms with Gasteiger partial charge in [0.2, 0.25) is 5.95 Å². The van der Waals surface area contributed by atoms with Gasteiger partial charge in [0, 0.05) is 29.7 Å². The smallest absolute Gasteiger partial charge is 0.229 e. The summed E-state index contributed by atoms with van der Waals surface area (Å²) < 4.78 is 5.48. The quantitative estimate of drug-likeness (QED) is 0.730. The van der Waals surface area contributed by atoms with E-state index in [1.165, 1.54) is 11.3 Å². The van der Waals surface area contributed by atoms with E-state index >= 15 is 0 Å². The largest absolute Gasteiger partial charge is 0.494 e. The molecule has 26 heavy (non-hydrogen) atoms. The zero-order valence-corrected chi connectivity index (χ0v) is 15.1. The Hall–Kier alpha value is -3.08. The minimum atomic E-state index is 0.605. The Morgan fingerprint density at radius 1 is 1.08 bits per heavy atom. The molecule has 0 bridgehead atoms. The first-order valence-corrected chi connectivity index (χ1v) is 8.94. The van der Waals surface area contributed by atoms with Crippen molar-refractivity contribution < 1.29 is 4.74 Å². The molecule has 0 radical (unpaired) electrons. The maximum absolute atomic E-state index is 5.48. The third-order valence-corrected chi connectivity index (χ3v) is 4.43. The Balaban J connectivity index is 1.59. The molecule has 2 heterocycles. The van der Waals surface area contributed by atoms with Crippen LogP contribution in [-0.2, 0) is 6.42 Å². The Bertz CT molecular complexity index is 908. The molecule has 0 unspecified atom stereocenters. The van der Waals surface area contributed by atoms with Crippen LogP contribution in [0.4, 0.5) is 23.1 Å². The van der Waals surface area contributed by atoms with E-state index < -0.39 is 0 Å². The molecule has 2 aromatic carbocycles. The Morgan fingerprint density at radius 2 is 1.88 bits per heavy atom. The van der Waals surface area contributed by atoms with Gasteiger partial charge in [0.15, 0.2) is 0 Å². The first kappa shape index (κ1) is 16.4. The summed E-state index contributed by atoms with van der Waals surface area (Å²) in [6.07, 6.45) is 1.04. The van der Waals surface area contributed by atoms with Crippen LogP contribution in [0, 0.1) is 6.92 Å². The maximum atomic E-state index is 5.48. The molecule has 0 spiro atoms. The predicted molar refractivity (Wildman–Crippen MR) is 105 cm³/mol. The van der Waals surface area contributed by atoms with Crippen molar-refractivity contribution in [1.82, 2.24) is 9.97 Å². The molecule has 5 nitrogen and oxygen atoms in total. The second kappa shape index (κ2) is 7.04. The van der Waals surface area contributed by atoms with Crippen LogP contribution in [0.25, 0.3) is 0 Å². The van der Waals surface area contributed by atoms with Crippen molar-refractivity contribution in [3.8, 4) is 5.75 Å². The molecule has 3 aromatic rings. The lowest BCUT2D eigenvalue weighted by molar-refractivity contribution is 0.340. The summed E-state index contributed by atoms with van der Waals surface area (Å²) in [5.74, 6) is 2.39. The van der Waals surface area contributed by atoms with Gasteiger partial charge >= 0.3 is 0 Å². The van der Waals surface area contributed by atoms with Crippen LogP contribution < -0.4 is 15.0 Å². The van der Waals surface area contributed by atoms with Crippen LogP contribution in [0.15, 0.2) is 54.6 Å². The number of hydrogen-bond acceptors (Lipinski definition) is 5. The topological polar surface area (TPSA) is 50.3 Å². The molecule has 0 fully saturated rings. The number of ether oxygens (including phenoxy) is 1. The van der Waals surface area contributed by atoms with Crippen LogP contribution in [0.1, 0.15) is 18.2 Å². The summed E-state index contributed by atoms with van der Waals surface area (Å²) in [5.41, 5.74) is 4.47. The van der Waals surface area contributed by atoms with E-state index in [1.807, 2.05) is 44.2 Å². The molecule has 4 rings (SSSR count). The standard InChI is InChI=1S/C21H22N4O/c1-3-26-18-10-8-17(9-11-18)23-21-22-15(2)14-20(24-21)25-13-12-16-6-4-5-7-19(16)25/h4-11,14H,3,12-13H2,1-2H3,(H,22,23,24). The van der Waals surface area contributed by atoms with Crippen molar-refractivity contribution >= 4 is 23.1 Å². The van der Waals surface area contributed by atoms with Gasteiger partial charge in [-0.25, -0.2) is 4.98 Å². The maximum Gasteiger partial charge on any atom is 0.229 e. The average molecular weight is 346 g/mol. The SMILES string of the molecule is CCOc1ccc(Nc2nc(C)cc(N3CCc4ccccc43)n2)cc1. The molecular formula is C21H22N4O. The molecule has 1 N–H and O–H groups in total. The highest BCUT2D eigenvalue weighted by Gasteiger charge is 2.21. The lowest BCUT2D eigenvalue weighted by Gasteiger charge is -2.19. The van der Waals surface area contributed by atoms with Gasteiger partial charge in [-0.3, -0.25) is 0 Å². The van der Waals surface area contributed by atoms with E-state index in [0.29, 0.717) is 12.6 Å². The van der Waals surface area contributed by atoms with E-state index in [0.717, 1.165) is 35.9 Å². The molecule has 1 aliphatic heterocycles. The molecule has 0 saturated carbocycles. The third kappa shape index (κ3) is 3.33. The van der Waals surface area contributed by atoms with E-state index in [2.05, 4.69) is 39.5 Å². The van der Waals surface area contributed by atoms with E-state index in [1.54, 1.807) is 0 Å². The minimum absolute atomic E-state index is 0.605. The fraction of sp³-hybridized carbons (Fsp3) is 0.238. The summed E-state index contributed by atoms with van der Waals surface area (Å²) in [7, 11) is 0. The monoisotopic (exact) mass is 346 g/mol. The van der Waals surface area contributed by atoms with Crippen LogP contribution >= 0.6 is 0 Å². The summed E-state index contributed by atoms with van der Waals surface area (Å²) in [6.45, 7) is 5.58. The molecule has 0 aliphatic carbocycles. The Labute approximate surface area is 153 Å². The highest BCUT2D eigenvalue weighted by Crippen LogP contribution is 2.34. The molecule has 1 aromatic heterocycles. The van der Waals surface area contributed by atoms with Crippen LogP contribution in [0.5, 0.6) is 5.75 Å². The number of aryl methyl sites for hydroxylation is 1. The van der Waals surface area contributed by atoms with E-state index in [-0.39, 0.29) is 0 Å². The Morgan fingerprint density at radius 3 is 2.69 bits per heavy atom. The first-order valence-electron chi connectivity index (χ1n) is 8.94. The van der Waals surface area contributed by atoms with Crippen molar-refractivity contribution in [2.45, 2.75) is 20.3 Å². The van der Waals surface area contributed by atoms with Gasteiger partial charge in [-0.05, 0) is 56.2 Å². The molecule has 0 amide bonds. The van der Waals surface area contributed by atoms with Gasteiger partial charge < -0.3 is 15.0 Å². The fourth-order valence-corrected chi connectivity index (χ4v) is 3.25.